The molecule has 0 bridgehead atoms. The maximum absolute atomic E-state index is 12.8. The van der Waals surface area contributed by atoms with Crippen LogP contribution >= 0.6 is 0 Å². The lowest BCUT2D eigenvalue weighted by Crippen LogP contribution is -2.45. The summed E-state index contributed by atoms with van der Waals surface area (Å²) in [7, 11) is 0. The van der Waals surface area contributed by atoms with E-state index in [0.29, 0.717) is 6.54 Å². The molecule has 4 nitrogen and oxygen atoms in total. The van der Waals surface area contributed by atoms with Gasteiger partial charge in [-0.3, -0.25) is 4.90 Å². The molecule has 1 atom stereocenters. The lowest BCUT2D eigenvalue weighted by Gasteiger charge is -2.34. The van der Waals surface area contributed by atoms with E-state index in [-0.39, 0.29) is 12.1 Å². The lowest BCUT2D eigenvalue weighted by molar-refractivity contribution is 0.188. The summed E-state index contributed by atoms with van der Waals surface area (Å²) in [6.45, 7) is 6.64. The highest BCUT2D eigenvalue weighted by molar-refractivity contribution is 6.03. The van der Waals surface area contributed by atoms with Crippen molar-refractivity contribution >= 4 is 17.4 Å². The summed E-state index contributed by atoms with van der Waals surface area (Å²) in [5.74, 6) is 0.772. The van der Waals surface area contributed by atoms with Crippen molar-refractivity contribution in [2.75, 3.05) is 16.8 Å². The summed E-state index contributed by atoms with van der Waals surface area (Å²) in [6.07, 6.45) is 0.884. The Kier molecular flexibility index (Phi) is 4.24. The van der Waals surface area contributed by atoms with Crippen molar-refractivity contribution in [1.82, 2.24) is 0 Å². The molecule has 1 unspecified atom stereocenters. The average molecular weight is 310 g/mol. The van der Waals surface area contributed by atoms with Crippen molar-refractivity contribution < 1.29 is 9.53 Å². The Morgan fingerprint density at radius 2 is 2.04 bits per heavy atom. The molecule has 2 amide bonds. The first-order valence-corrected chi connectivity index (χ1v) is 8.00. The van der Waals surface area contributed by atoms with Gasteiger partial charge in [-0.25, -0.2) is 4.79 Å². The van der Waals surface area contributed by atoms with E-state index in [0.717, 1.165) is 34.7 Å². The van der Waals surface area contributed by atoms with Crippen LogP contribution in [0.25, 0.3) is 0 Å². The average Bonchev–Trinajstić information content (AvgIpc) is 2.56. The molecule has 1 aliphatic heterocycles. The van der Waals surface area contributed by atoms with E-state index in [4.69, 9.17) is 4.74 Å². The molecule has 23 heavy (non-hydrogen) atoms. The predicted octanol–water partition coefficient (Wildman–Crippen LogP) is 4.51. The maximum atomic E-state index is 12.8. The molecule has 0 aliphatic carbocycles. The Balaban J connectivity index is 1.90. The minimum atomic E-state index is -0.118. The number of fused-ring (bicyclic) bond motifs is 1. The molecule has 0 aromatic heterocycles. The number of hydrogen-bond acceptors (Lipinski definition) is 2. The second-order valence-electron chi connectivity index (χ2n) is 5.97. The third-order valence-corrected chi connectivity index (χ3v) is 4.17. The molecule has 1 heterocycles. The van der Waals surface area contributed by atoms with E-state index >= 15 is 0 Å². The number of ether oxygens (including phenoxy) is 1. The largest absolute Gasteiger partial charge is 0.486 e. The standard InChI is InChI=1S/C19H22N2O2/c1-4-15-12-21(17-11-13(2)9-10-18(17)23-15)19(22)20-16-8-6-5-7-14(16)3/h5-11,15H,4,12H2,1-3H3,(H,20,22). The zero-order valence-corrected chi connectivity index (χ0v) is 13.8. The van der Waals surface area contributed by atoms with Crippen LogP contribution in [0.1, 0.15) is 24.5 Å². The molecule has 3 rings (SSSR count). The van der Waals surface area contributed by atoms with E-state index in [9.17, 15) is 4.79 Å². The number of anilines is 2. The Labute approximate surface area is 137 Å². The van der Waals surface area contributed by atoms with Crippen molar-refractivity contribution in [2.24, 2.45) is 0 Å². The fraction of sp³-hybridized carbons (Fsp3) is 0.316. The van der Waals surface area contributed by atoms with Crippen LogP contribution in [-0.2, 0) is 0 Å². The van der Waals surface area contributed by atoms with Gasteiger partial charge in [-0.05, 0) is 49.6 Å². The van der Waals surface area contributed by atoms with Gasteiger partial charge in [0.05, 0.1) is 12.2 Å². The molecule has 2 aromatic carbocycles. The monoisotopic (exact) mass is 310 g/mol. The maximum Gasteiger partial charge on any atom is 0.326 e. The summed E-state index contributed by atoms with van der Waals surface area (Å²) in [4.78, 5) is 14.6. The number of hydrogen-bond donors (Lipinski definition) is 1. The molecule has 120 valence electrons. The zero-order chi connectivity index (χ0) is 16.4. The highest BCUT2D eigenvalue weighted by atomic mass is 16.5. The summed E-state index contributed by atoms with van der Waals surface area (Å²) in [6, 6.07) is 13.6. The summed E-state index contributed by atoms with van der Waals surface area (Å²) in [5, 5.41) is 3.02. The number of carbonyl (C=O) groups is 1. The Morgan fingerprint density at radius 1 is 1.26 bits per heavy atom. The van der Waals surface area contributed by atoms with Crippen LogP contribution in [0.15, 0.2) is 42.5 Å². The minimum absolute atomic E-state index is 0.0211. The van der Waals surface area contributed by atoms with Crippen molar-refractivity contribution in [3.8, 4) is 5.75 Å². The number of urea groups is 1. The normalized spacial score (nSPS) is 16.5. The second-order valence-corrected chi connectivity index (χ2v) is 5.97. The third kappa shape index (κ3) is 3.16. The number of carbonyl (C=O) groups excluding carboxylic acids is 1. The first kappa shape index (κ1) is 15.4. The molecule has 0 saturated carbocycles. The topological polar surface area (TPSA) is 41.6 Å². The Morgan fingerprint density at radius 3 is 2.78 bits per heavy atom. The smallest absolute Gasteiger partial charge is 0.326 e. The van der Waals surface area contributed by atoms with Gasteiger partial charge in [0.25, 0.3) is 0 Å². The molecular weight excluding hydrogens is 288 g/mol. The first-order valence-electron chi connectivity index (χ1n) is 8.00. The van der Waals surface area contributed by atoms with Crippen molar-refractivity contribution in [3.05, 3.63) is 53.6 Å². The van der Waals surface area contributed by atoms with Crippen LogP contribution in [0.5, 0.6) is 5.75 Å². The molecule has 2 aromatic rings. The van der Waals surface area contributed by atoms with Gasteiger partial charge in [0, 0.05) is 5.69 Å². The summed E-state index contributed by atoms with van der Waals surface area (Å²) >= 11 is 0. The molecule has 4 heteroatoms. The number of nitrogens with zero attached hydrogens (tertiary/aromatic N) is 1. The van der Waals surface area contributed by atoms with Gasteiger partial charge in [0.1, 0.15) is 11.9 Å². The number of nitrogens with one attached hydrogen (secondary N) is 1. The zero-order valence-electron chi connectivity index (χ0n) is 13.8. The molecule has 1 aliphatic rings. The van der Waals surface area contributed by atoms with Crippen molar-refractivity contribution in [3.63, 3.8) is 0 Å². The number of amides is 2. The van der Waals surface area contributed by atoms with E-state index in [1.54, 1.807) is 4.90 Å². The molecule has 0 spiro atoms. The fourth-order valence-corrected chi connectivity index (χ4v) is 2.76. The molecule has 0 radical (unpaired) electrons. The number of rotatable bonds is 2. The minimum Gasteiger partial charge on any atom is -0.486 e. The van der Waals surface area contributed by atoms with E-state index in [1.807, 2.05) is 56.3 Å². The molecule has 0 saturated heterocycles. The number of benzene rings is 2. The van der Waals surface area contributed by atoms with Crippen molar-refractivity contribution in [1.29, 1.82) is 0 Å². The summed E-state index contributed by atoms with van der Waals surface area (Å²) < 4.78 is 5.97. The van der Waals surface area contributed by atoms with Crippen LogP contribution < -0.4 is 15.0 Å². The number of aryl methyl sites for hydroxylation is 2. The lowest BCUT2D eigenvalue weighted by atomic mass is 10.1. The first-order chi connectivity index (χ1) is 11.1. The third-order valence-electron chi connectivity index (χ3n) is 4.17. The van der Waals surface area contributed by atoms with Gasteiger partial charge < -0.3 is 10.1 Å². The molecule has 0 fully saturated rings. The molecule has 1 N–H and O–H groups in total. The van der Waals surface area contributed by atoms with Crippen LogP contribution in [0.4, 0.5) is 16.2 Å². The van der Waals surface area contributed by atoms with E-state index in [2.05, 4.69) is 12.2 Å². The Bertz CT molecular complexity index is 727. The van der Waals surface area contributed by atoms with E-state index in [1.165, 1.54) is 0 Å². The van der Waals surface area contributed by atoms with Crippen LogP contribution in [0, 0.1) is 13.8 Å². The Hall–Kier alpha value is -2.49. The number of para-hydroxylation sites is 1. The van der Waals surface area contributed by atoms with Crippen molar-refractivity contribution in [2.45, 2.75) is 33.3 Å². The van der Waals surface area contributed by atoms with Gasteiger partial charge in [0.2, 0.25) is 0 Å². The highest BCUT2D eigenvalue weighted by Crippen LogP contribution is 2.35. The van der Waals surface area contributed by atoms with Crippen LogP contribution in [0.2, 0.25) is 0 Å². The van der Waals surface area contributed by atoms with Gasteiger partial charge in [-0.15, -0.1) is 0 Å². The van der Waals surface area contributed by atoms with Crippen LogP contribution in [0.3, 0.4) is 0 Å². The molecular formula is C19H22N2O2. The summed E-state index contributed by atoms with van der Waals surface area (Å²) in [5.41, 5.74) is 3.83. The quantitative estimate of drug-likeness (QED) is 0.886. The van der Waals surface area contributed by atoms with Gasteiger partial charge in [-0.2, -0.15) is 0 Å². The fourth-order valence-electron chi connectivity index (χ4n) is 2.76. The van der Waals surface area contributed by atoms with Gasteiger partial charge >= 0.3 is 6.03 Å². The van der Waals surface area contributed by atoms with Gasteiger partial charge in [0.15, 0.2) is 0 Å². The van der Waals surface area contributed by atoms with Crippen LogP contribution in [-0.4, -0.2) is 18.7 Å². The predicted molar refractivity (Wildman–Crippen MR) is 93.4 cm³/mol. The SMILES string of the molecule is CCC1CN(C(=O)Nc2ccccc2C)c2cc(C)ccc2O1. The van der Waals surface area contributed by atoms with E-state index < -0.39 is 0 Å². The highest BCUT2D eigenvalue weighted by Gasteiger charge is 2.29. The van der Waals surface area contributed by atoms with Gasteiger partial charge in [-0.1, -0.05) is 31.2 Å². The second kappa shape index (κ2) is 6.32.